The van der Waals surface area contributed by atoms with Gasteiger partial charge in [-0.15, -0.1) is 0 Å². The molecule has 176 valence electrons. The lowest BCUT2D eigenvalue weighted by molar-refractivity contribution is -0.274. The van der Waals surface area contributed by atoms with Gasteiger partial charge in [-0.3, -0.25) is 0 Å². The van der Waals surface area contributed by atoms with Crippen LogP contribution < -0.4 is 14.8 Å². The summed E-state index contributed by atoms with van der Waals surface area (Å²) in [6.45, 7) is 1.79. The van der Waals surface area contributed by atoms with Crippen molar-refractivity contribution in [2.24, 2.45) is 0 Å². The van der Waals surface area contributed by atoms with Crippen LogP contribution in [0.5, 0.6) is 5.75 Å². The number of aryl methyl sites for hydroxylation is 1. The number of fused-ring (bicyclic) bond motifs is 1. The average molecular weight is 483 g/mol. The van der Waals surface area contributed by atoms with Crippen molar-refractivity contribution in [3.63, 3.8) is 0 Å². The van der Waals surface area contributed by atoms with Gasteiger partial charge in [0.15, 0.2) is 0 Å². The molecule has 0 aliphatic heterocycles. The molecule has 4 rings (SSSR count). The number of halogens is 4. The Bertz CT molecular complexity index is 1320. The molecule has 0 spiro atoms. The van der Waals surface area contributed by atoms with Gasteiger partial charge in [0.2, 0.25) is 5.60 Å². The normalized spacial score (nSPS) is 17.2. The number of hydrogen-bond donors (Lipinski definition) is 2. The van der Waals surface area contributed by atoms with Gasteiger partial charge in [-0.25, -0.2) is 18.6 Å². The molecule has 1 aliphatic carbocycles. The average Bonchev–Trinajstić information content (AvgIpc) is 2.64. The number of rotatable bonds is 6. The number of nitrogens with zero attached hydrogens (tertiary/aromatic N) is 2. The van der Waals surface area contributed by atoms with E-state index in [-0.39, 0.29) is 24.3 Å². The van der Waals surface area contributed by atoms with Gasteiger partial charge in [-0.2, -0.15) is 13.2 Å². The van der Waals surface area contributed by atoms with E-state index >= 15 is 0 Å². The first-order valence-electron chi connectivity index (χ1n) is 10.0. The van der Waals surface area contributed by atoms with Crippen LogP contribution in [0.25, 0.3) is 10.9 Å². The van der Waals surface area contributed by atoms with Gasteiger partial charge in [0.25, 0.3) is 0 Å². The second-order valence-electron chi connectivity index (χ2n) is 8.23. The van der Waals surface area contributed by atoms with Crippen LogP contribution in [0.4, 0.5) is 34.8 Å². The maximum absolute atomic E-state index is 13.9. The summed E-state index contributed by atoms with van der Waals surface area (Å²) in [5, 5.41) is 3.57. The first-order valence-corrected chi connectivity index (χ1v) is 12.2. The van der Waals surface area contributed by atoms with Crippen molar-refractivity contribution in [1.29, 1.82) is 0 Å². The fourth-order valence-electron chi connectivity index (χ4n) is 3.76. The van der Waals surface area contributed by atoms with Gasteiger partial charge in [0, 0.05) is 33.1 Å². The van der Waals surface area contributed by atoms with E-state index in [1.807, 2.05) is 0 Å². The minimum Gasteiger partial charge on any atom is -0.475 e. The molecule has 1 aromatic heterocycles. The summed E-state index contributed by atoms with van der Waals surface area (Å²) in [5.74, 6) is 2.91. The molecule has 2 N–H and O–H groups in total. The Hall–Kier alpha value is -3.08. The second-order valence-corrected chi connectivity index (χ2v) is 10.4. The zero-order chi connectivity index (χ0) is 24.0. The third kappa shape index (κ3) is 4.68. The Morgan fingerprint density at radius 1 is 1.18 bits per heavy atom. The molecule has 0 radical (unpaired) electrons. The largest absolute Gasteiger partial charge is 0.475 e. The molecule has 0 amide bonds. The summed E-state index contributed by atoms with van der Waals surface area (Å²) >= 11 is 0. The van der Waals surface area contributed by atoms with Gasteiger partial charge >= 0.3 is 6.18 Å². The summed E-state index contributed by atoms with van der Waals surface area (Å²) in [6.07, 6.45) is -1.83. The lowest BCUT2D eigenvalue weighted by atomic mass is 9.79. The van der Waals surface area contributed by atoms with Crippen molar-refractivity contribution in [2.45, 2.75) is 38.0 Å². The van der Waals surface area contributed by atoms with Crippen LogP contribution in [0, 0.1) is 12.7 Å². The molecule has 1 heterocycles. The van der Waals surface area contributed by atoms with Crippen LogP contribution in [0.1, 0.15) is 24.8 Å². The maximum atomic E-state index is 13.9. The lowest BCUT2D eigenvalue weighted by Crippen LogP contribution is -2.55. The number of benzene rings is 2. The third-order valence-electron chi connectivity index (χ3n) is 5.45. The quantitative estimate of drug-likeness (QED) is 0.366. The van der Waals surface area contributed by atoms with Crippen LogP contribution in [-0.4, -0.2) is 38.1 Å². The first kappa shape index (κ1) is 23.1. The summed E-state index contributed by atoms with van der Waals surface area (Å²) in [5.41, 5.74) is -0.410. The van der Waals surface area contributed by atoms with E-state index in [4.69, 9.17) is 4.74 Å². The summed E-state index contributed by atoms with van der Waals surface area (Å²) in [4.78, 5) is 8.47. The number of hydrogen-bond acceptors (Lipinski definition) is 5. The van der Waals surface area contributed by atoms with Gasteiger partial charge in [0.1, 0.15) is 23.7 Å². The molecule has 33 heavy (non-hydrogen) atoms. The smallest absolute Gasteiger partial charge is 0.428 e. The van der Waals surface area contributed by atoms with Gasteiger partial charge in [0.05, 0.1) is 11.2 Å². The molecule has 1 saturated carbocycles. The van der Waals surface area contributed by atoms with E-state index in [1.54, 1.807) is 19.1 Å². The maximum Gasteiger partial charge on any atom is 0.428 e. The van der Waals surface area contributed by atoms with Gasteiger partial charge in [-0.05, 0) is 61.9 Å². The number of nitrogens with one attached hydrogen (secondary N) is 2. The van der Waals surface area contributed by atoms with E-state index < -0.39 is 27.3 Å². The molecule has 2 aromatic carbocycles. The Morgan fingerprint density at radius 3 is 2.52 bits per heavy atom. The minimum absolute atomic E-state index is 0.142. The molecule has 1 unspecified atom stereocenters. The number of ether oxygens (including phenoxy) is 1. The van der Waals surface area contributed by atoms with Crippen LogP contribution in [-0.2, 0) is 9.71 Å². The number of anilines is 3. The van der Waals surface area contributed by atoms with Gasteiger partial charge < -0.3 is 14.8 Å². The van der Waals surface area contributed by atoms with Crippen molar-refractivity contribution < 1.29 is 26.5 Å². The van der Waals surface area contributed by atoms with Crippen LogP contribution in [0.3, 0.4) is 0 Å². The molecule has 3 aromatic rings. The summed E-state index contributed by atoms with van der Waals surface area (Å²) < 4.78 is 75.0. The first-order chi connectivity index (χ1) is 15.4. The highest BCUT2D eigenvalue weighted by molar-refractivity contribution is 8.00. The van der Waals surface area contributed by atoms with E-state index in [0.717, 1.165) is 17.7 Å². The topological polar surface area (TPSA) is 76.1 Å². The molecular formula is C22H22F4N4O2S. The molecule has 0 saturated heterocycles. The Morgan fingerprint density at radius 2 is 1.91 bits per heavy atom. The van der Waals surface area contributed by atoms with E-state index in [9.17, 15) is 21.8 Å². The zero-order valence-electron chi connectivity index (χ0n) is 17.9. The highest BCUT2D eigenvalue weighted by Crippen LogP contribution is 2.49. The van der Waals surface area contributed by atoms with Crippen LogP contribution in [0.15, 0.2) is 36.7 Å². The molecule has 11 heteroatoms. The van der Waals surface area contributed by atoms with Crippen molar-refractivity contribution in [1.82, 2.24) is 9.97 Å². The number of aromatic nitrogens is 2. The van der Waals surface area contributed by atoms with Crippen molar-refractivity contribution in [3.8, 4) is 5.75 Å². The van der Waals surface area contributed by atoms with Crippen LogP contribution in [0.2, 0.25) is 0 Å². The van der Waals surface area contributed by atoms with Crippen molar-refractivity contribution >= 4 is 43.7 Å². The predicted octanol–water partition coefficient (Wildman–Crippen LogP) is 5.36. The minimum atomic E-state index is -4.58. The van der Waals surface area contributed by atoms with E-state index in [1.165, 1.54) is 18.6 Å². The van der Waals surface area contributed by atoms with Crippen molar-refractivity contribution in [3.05, 3.63) is 48.0 Å². The lowest BCUT2D eigenvalue weighted by Gasteiger charge is -2.43. The Labute approximate surface area is 188 Å². The Balaban J connectivity index is 1.73. The highest BCUT2D eigenvalue weighted by Gasteiger charge is 2.61. The standard InChI is InChI=1S/C22H22F4N4O2S/c1-13-9-15(30-33(2,3)31)11-17-19(13)20(28-12-27-17)29-16-6-5-14(23)10-18(16)32-21(7-4-8-21)22(24,25)26/h5-6,9-12H,2,4,7-8H2,1,3H3,(H,30,31)(H,27,28,29). The Kier molecular flexibility index (Phi) is 5.63. The zero-order valence-corrected chi connectivity index (χ0v) is 18.7. The van der Waals surface area contributed by atoms with Gasteiger partial charge in [-0.1, -0.05) is 0 Å². The molecule has 1 atom stereocenters. The van der Waals surface area contributed by atoms with Crippen molar-refractivity contribution in [2.75, 3.05) is 16.3 Å². The second kappa shape index (κ2) is 8.05. The van der Waals surface area contributed by atoms with E-state index in [0.29, 0.717) is 28.8 Å². The summed E-state index contributed by atoms with van der Waals surface area (Å²) in [6, 6.07) is 6.76. The number of alkyl halides is 3. The highest BCUT2D eigenvalue weighted by atomic mass is 32.2. The fraction of sp³-hybridized carbons (Fsp3) is 0.318. The van der Waals surface area contributed by atoms with E-state index in [2.05, 4.69) is 25.9 Å². The molecular weight excluding hydrogens is 460 g/mol. The van der Waals surface area contributed by atoms with Crippen LogP contribution >= 0.6 is 0 Å². The third-order valence-corrected chi connectivity index (χ3v) is 6.12. The fourth-order valence-corrected chi connectivity index (χ4v) is 4.37. The molecule has 1 aliphatic rings. The molecule has 1 fully saturated rings. The molecule has 6 nitrogen and oxygen atoms in total. The summed E-state index contributed by atoms with van der Waals surface area (Å²) in [7, 11) is -2.51. The predicted molar refractivity (Wildman–Crippen MR) is 122 cm³/mol. The SMILES string of the molecule is C=S(C)(=O)Nc1cc(C)c2c(Nc3ccc(F)cc3OC3(C(F)(F)F)CCC3)ncnc2c1. The monoisotopic (exact) mass is 482 g/mol. The molecule has 0 bridgehead atoms.